The van der Waals surface area contributed by atoms with Crippen LogP contribution in [0, 0.1) is 5.82 Å². The highest BCUT2D eigenvalue weighted by atomic mass is 19.1. The Bertz CT molecular complexity index is 837. The molecular weight excluding hydrogens is 333 g/mol. The molecule has 0 aliphatic carbocycles. The minimum atomic E-state index is -0.337. The SMILES string of the molecule is O=C1N(CC(=O)N2CCCc3ccccc32)CCN1c1ccc(F)cc1. The predicted molar refractivity (Wildman–Crippen MR) is 97.8 cm³/mol. The van der Waals surface area contributed by atoms with E-state index in [1.54, 1.807) is 26.8 Å². The third-order valence-corrected chi connectivity index (χ3v) is 4.97. The number of urea groups is 1. The third kappa shape index (κ3) is 3.03. The number of aryl methyl sites for hydroxylation is 1. The first-order valence-corrected chi connectivity index (χ1v) is 8.84. The topological polar surface area (TPSA) is 43.9 Å². The number of amides is 3. The Morgan fingerprint density at radius 3 is 2.58 bits per heavy atom. The highest BCUT2D eigenvalue weighted by molar-refractivity contribution is 6.01. The van der Waals surface area contributed by atoms with Crippen LogP contribution in [0.1, 0.15) is 12.0 Å². The Kier molecular flexibility index (Phi) is 4.32. The van der Waals surface area contributed by atoms with Gasteiger partial charge in [-0.3, -0.25) is 9.69 Å². The van der Waals surface area contributed by atoms with Crippen molar-refractivity contribution < 1.29 is 14.0 Å². The van der Waals surface area contributed by atoms with E-state index >= 15 is 0 Å². The summed E-state index contributed by atoms with van der Waals surface area (Å²) in [7, 11) is 0. The number of carbonyl (C=O) groups excluding carboxylic acids is 2. The van der Waals surface area contributed by atoms with Crippen molar-refractivity contribution in [3.63, 3.8) is 0 Å². The average molecular weight is 353 g/mol. The van der Waals surface area contributed by atoms with Crippen LogP contribution < -0.4 is 9.80 Å². The molecule has 4 rings (SSSR count). The fraction of sp³-hybridized carbons (Fsp3) is 0.300. The summed E-state index contributed by atoms with van der Waals surface area (Å²) in [5, 5.41) is 0. The molecule has 1 fully saturated rings. The first-order chi connectivity index (χ1) is 12.6. The molecule has 134 valence electrons. The van der Waals surface area contributed by atoms with Gasteiger partial charge < -0.3 is 9.80 Å². The second-order valence-corrected chi connectivity index (χ2v) is 6.61. The van der Waals surface area contributed by atoms with Crippen molar-refractivity contribution in [2.75, 3.05) is 36.0 Å². The van der Waals surface area contributed by atoms with Crippen LogP contribution in [0.25, 0.3) is 0 Å². The van der Waals surface area contributed by atoms with Gasteiger partial charge in [0.15, 0.2) is 0 Å². The van der Waals surface area contributed by atoms with Gasteiger partial charge in [-0.05, 0) is 48.7 Å². The van der Waals surface area contributed by atoms with Gasteiger partial charge >= 0.3 is 6.03 Å². The maximum atomic E-state index is 13.1. The molecule has 5 nitrogen and oxygen atoms in total. The Labute approximate surface area is 151 Å². The highest BCUT2D eigenvalue weighted by Gasteiger charge is 2.33. The smallest absolute Gasteiger partial charge is 0.313 e. The fourth-order valence-corrected chi connectivity index (χ4v) is 3.63. The van der Waals surface area contributed by atoms with Gasteiger partial charge in [0.05, 0.1) is 0 Å². The zero-order chi connectivity index (χ0) is 18.1. The lowest BCUT2D eigenvalue weighted by Crippen LogP contribution is -2.44. The molecule has 26 heavy (non-hydrogen) atoms. The zero-order valence-corrected chi connectivity index (χ0v) is 14.4. The molecular formula is C20H20FN3O2. The molecule has 0 unspecified atom stereocenters. The van der Waals surface area contributed by atoms with Gasteiger partial charge in [0.2, 0.25) is 5.91 Å². The second-order valence-electron chi connectivity index (χ2n) is 6.61. The molecule has 2 aliphatic heterocycles. The Balaban J connectivity index is 1.46. The molecule has 0 radical (unpaired) electrons. The number of hydrogen-bond acceptors (Lipinski definition) is 2. The van der Waals surface area contributed by atoms with Crippen LogP contribution in [-0.4, -0.2) is 43.0 Å². The molecule has 0 bridgehead atoms. The summed E-state index contributed by atoms with van der Waals surface area (Å²) < 4.78 is 13.1. The van der Waals surface area contributed by atoms with Crippen molar-refractivity contribution in [3.05, 3.63) is 59.9 Å². The highest BCUT2D eigenvalue weighted by Crippen LogP contribution is 2.27. The molecule has 0 saturated carbocycles. The number of para-hydroxylation sites is 1. The number of fused-ring (bicyclic) bond motifs is 1. The molecule has 2 aliphatic rings. The van der Waals surface area contributed by atoms with Crippen molar-refractivity contribution >= 4 is 23.3 Å². The van der Waals surface area contributed by atoms with Crippen molar-refractivity contribution in [1.29, 1.82) is 0 Å². The number of carbonyl (C=O) groups is 2. The van der Waals surface area contributed by atoms with Crippen molar-refractivity contribution in [1.82, 2.24) is 4.90 Å². The van der Waals surface area contributed by atoms with Gasteiger partial charge in [-0.2, -0.15) is 0 Å². The minimum Gasteiger partial charge on any atom is -0.313 e. The summed E-state index contributed by atoms with van der Waals surface area (Å²) in [6, 6.07) is 13.5. The summed E-state index contributed by atoms with van der Waals surface area (Å²) in [6.45, 7) is 1.72. The number of halogens is 1. The van der Waals surface area contributed by atoms with E-state index in [0.29, 0.717) is 25.3 Å². The lowest BCUT2D eigenvalue weighted by atomic mass is 10.0. The van der Waals surface area contributed by atoms with E-state index in [4.69, 9.17) is 0 Å². The van der Waals surface area contributed by atoms with E-state index in [0.717, 1.165) is 18.5 Å². The van der Waals surface area contributed by atoms with Gasteiger partial charge in [-0.1, -0.05) is 18.2 Å². The van der Waals surface area contributed by atoms with E-state index in [9.17, 15) is 14.0 Å². The van der Waals surface area contributed by atoms with Gasteiger partial charge in [-0.25, -0.2) is 9.18 Å². The Morgan fingerprint density at radius 1 is 1.00 bits per heavy atom. The molecule has 6 heteroatoms. The van der Waals surface area contributed by atoms with Gasteiger partial charge in [0.25, 0.3) is 0 Å². The molecule has 0 N–H and O–H groups in total. The number of benzene rings is 2. The lowest BCUT2D eigenvalue weighted by Gasteiger charge is -2.30. The van der Waals surface area contributed by atoms with Crippen LogP contribution in [0.3, 0.4) is 0 Å². The van der Waals surface area contributed by atoms with Crippen LogP contribution in [0.5, 0.6) is 0 Å². The van der Waals surface area contributed by atoms with Crippen LogP contribution >= 0.6 is 0 Å². The van der Waals surface area contributed by atoms with Gasteiger partial charge in [-0.15, -0.1) is 0 Å². The van der Waals surface area contributed by atoms with Crippen molar-refractivity contribution in [3.8, 4) is 0 Å². The quantitative estimate of drug-likeness (QED) is 0.851. The van der Waals surface area contributed by atoms with E-state index in [1.807, 2.05) is 24.3 Å². The lowest BCUT2D eigenvalue weighted by molar-refractivity contribution is -0.119. The normalized spacial score (nSPS) is 16.8. The first kappa shape index (κ1) is 16.6. The summed E-state index contributed by atoms with van der Waals surface area (Å²) in [5.74, 6) is -0.400. The summed E-state index contributed by atoms with van der Waals surface area (Å²) >= 11 is 0. The largest absolute Gasteiger partial charge is 0.325 e. The van der Waals surface area contributed by atoms with Crippen LogP contribution in [-0.2, 0) is 11.2 Å². The number of anilines is 2. The maximum absolute atomic E-state index is 13.1. The van der Waals surface area contributed by atoms with Crippen molar-refractivity contribution in [2.45, 2.75) is 12.8 Å². The number of nitrogens with zero attached hydrogens (tertiary/aromatic N) is 3. The second kappa shape index (κ2) is 6.78. The van der Waals surface area contributed by atoms with E-state index < -0.39 is 0 Å². The monoisotopic (exact) mass is 353 g/mol. The molecule has 2 aromatic rings. The Hall–Kier alpha value is -2.89. The molecule has 2 aromatic carbocycles. The van der Waals surface area contributed by atoms with Crippen LogP contribution in [0.15, 0.2) is 48.5 Å². The number of rotatable bonds is 3. The van der Waals surface area contributed by atoms with Crippen molar-refractivity contribution in [2.24, 2.45) is 0 Å². The van der Waals surface area contributed by atoms with E-state index in [-0.39, 0.29) is 24.3 Å². The molecule has 0 spiro atoms. The molecule has 1 saturated heterocycles. The standard InChI is InChI=1S/C20H20FN3O2/c21-16-7-9-17(10-8-16)23-13-12-22(20(23)26)14-19(25)24-11-3-5-15-4-1-2-6-18(15)24/h1-2,4,6-10H,3,5,11-14H2. The van der Waals surface area contributed by atoms with E-state index in [1.165, 1.54) is 17.7 Å². The number of hydrogen-bond donors (Lipinski definition) is 0. The predicted octanol–water partition coefficient (Wildman–Crippen LogP) is 3.05. The minimum absolute atomic E-state index is 0.0604. The summed E-state index contributed by atoms with van der Waals surface area (Å²) in [6.07, 6.45) is 1.90. The molecule has 0 aromatic heterocycles. The third-order valence-electron chi connectivity index (χ3n) is 4.97. The molecule has 0 atom stereocenters. The van der Waals surface area contributed by atoms with Crippen LogP contribution in [0.4, 0.5) is 20.6 Å². The molecule has 2 heterocycles. The van der Waals surface area contributed by atoms with Gasteiger partial charge in [0, 0.05) is 31.0 Å². The van der Waals surface area contributed by atoms with E-state index in [2.05, 4.69) is 0 Å². The summed E-state index contributed by atoms with van der Waals surface area (Å²) in [5.41, 5.74) is 2.77. The van der Waals surface area contributed by atoms with Gasteiger partial charge in [0.1, 0.15) is 12.4 Å². The first-order valence-electron chi connectivity index (χ1n) is 8.84. The average Bonchev–Trinajstić information content (AvgIpc) is 3.02. The summed E-state index contributed by atoms with van der Waals surface area (Å²) in [4.78, 5) is 30.4. The Morgan fingerprint density at radius 2 is 1.77 bits per heavy atom. The molecule has 3 amide bonds. The maximum Gasteiger partial charge on any atom is 0.325 e. The van der Waals surface area contributed by atoms with Crippen LogP contribution in [0.2, 0.25) is 0 Å². The fourth-order valence-electron chi connectivity index (χ4n) is 3.63. The zero-order valence-electron chi connectivity index (χ0n) is 14.4.